The zero-order valence-electron chi connectivity index (χ0n) is 46.6. The van der Waals surface area contributed by atoms with Crippen LogP contribution in [-0.4, -0.2) is 198 Å². The largest absolute Gasteiger partial charge is 0.474 e. The first kappa shape index (κ1) is 61.0. The third-order valence-electron chi connectivity index (χ3n) is 15.7. The zero-order valence-corrected chi connectivity index (χ0v) is 48.3. The Morgan fingerprint density at radius 3 is 2.11 bits per heavy atom. The summed E-state index contributed by atoms with van der Waals surface area (Å²) in [4.78, 5) is 87.4. The number of hydrogen-bond donors (Lipinski definition) is 4. The summed E-state index contributed by atoms with van der Waals surface area (Å²) in [6.45, 7) is 13.1. The highest BCUT2D eigenvalue weighted by Gasteiger charge is 2.44. The molecule has 5 atom stereocenters. The molecule has 2 saturated heterocycles. The molecule has 1 saturated carbocycles. The van der Waals surface area contributed by atoms with Crippen LogP contribution in [-0.2, 0) is 60.6 Å². The molecule has 4 amide bonds. The lowest BCUT2D eigenvalue weighted by Crippen LogP contribution is -2.53. The maximum absolute atomic E-state index is 14.0. The van der Waals surface area contributed by atoms with Gasteiger partial charge in [-0.2, -0.15) is 0 Å². The van der Waals surface area contributed by atoms with E-state index in [-0.39, 0.29) is 101 Å². The number of nitrogens with one attached hydrogen (secondary N) is 1. The van der Waals surface area contributed by atoms with Crippen LogP contribution in [0.15, 0.2) is 36.1 Å². The molecule has 438 valence electrons. The van der Waals surface area contributed by atoms with Crippen LogP contribution in [0.2, 0.25) is 0 Å². The summed E-state index contributed by atoms with van der Waals surface area (Å²) in [6, 6.07) is 7.46. The second-order valence-electron chi connectivity index (χ2n) is 22.3. The van der Waals surface area contributed by atoms with Crippen molar-refractivity contribution in [2.45, 2.75) is 128 Å². The number of aryl methyl sites for hydroxylation is 2. The number of carbonyl (C=O) groups excluding carboxylic acids is 5. The van der Waals surface area contributed by atoms with Gasteiger partial charge in [0.15, 0.2) is 5.78 Å². The number of likely N-dealkylation sites (tertiary alicyclic amines) is 1. The Morgan fingerprint density at radius 2 is 1.49 bits per heavy atom. The Labute approximate surface area is 476 Å². The number of fused-ring (bicyclic) bond motifs is 3. The third-order valence-corrected chi connectivity index (χ3v) is 17.8. The van der Waals surface area contributed by atoms with Gasteiger partial charge in [0.25, 0.3) is 0 Å². The molecule has 4 aromatic rings. The van der Waals surface area contributed by atoms with Gasteiger partial charge in [-0.25, -0.2) is 15.0 Å². The molecule has 21 nitrogen and oxygen atoms in total. The van der Waals surface area contributed by atoms with Crippen LogP contribution >= 0.6 is 22.7 Å². The molecule has 5 heterocycles. The summed E-state index contributed by atoms with van der Waals surface area (Å²) in [5.41, 5.74) is 10.6. The summed E-state index contributed by atoms with van der Waals surface area (Å²) >= 11 is 3.21. The minimum absolute atomic E-state index is 0.00414. The van der Waals surface area contributed by atoms with Gasteiger partial charge in [-0.1, -0.05) is 45.0 Å². The first-order valence-corrected chi connectivity index (χ1v) is 29.8. The highest BCUT2D eigenvalue weighted by atomic mass is 32.1. The first-order chi connectivity index (χ1) is 38.5. The highest BCUT2D eigenvalue weighted by Crippen LogP contribution is 2.48. The number of benzene rings is 1. The Balaban J connectivity index is 0.618. The maximum atomic E-state index is 14.0. The number of hydrogen-bond acceptors (Lipinski definition) is 19. The van der Waals surface area contributed by atoms with Crippen molar-refractivity contribution in [2.75, 3.05) is 98.8 Å². The van der Waals surface area contributed by atoms with Gasteiger partial charge in [0, 0.05) is 68.9 Å². The zero-order chi connectivity index (χ0) is 56.8. The summed E-state index contributed by atoms with van der Waals surface area (Å²) in [5.74, 6) is -1.81. The molecule has 80 heavy (non-hydrogen) atoms. The number of nitrogens with zero attached hydrogens (tertiary/aromatic N) is 6. The molecule has 3 aromatic heterocycles. The van der Waals surface area contributed by atoms with Crippen LogP contribution in [0.1, 0.15) is 99.8 Å². The van der Waals surface area contributed by atoms with Crippen LogP contribution in [0.5, 0.6) is 5.88 Å². The molecule has 0 bridgehead atoms. The fourth-order valence-corrected chi connectivity index (χ4v) is 13.2. The summed E-state index contributed by atoms with van der Waals surface area (Å²) < 4.78 is 34.6. The van der Waals surface area contributed by atoms with Crippen molar-refractivity contribution in [2.24, 2.45) is 17.1 Å². The van der Waals surface area contributed by atoms with Gasteiger partial charge in [-0.05, 0) is 79.9 Å². The van der Waals surface area contributed by atoms with Crippen molar-refractivity contribution in [3.63, 3.8) is 0 Å². The predicted octanol–water partition coefficient (Wildman–Crippen LogP) is 4.21. The van der Waals surface area contributed by atoms with Gasteiger partial charge < -0.3 is 59.5 Å². The van der Waals surface area contributed by atoms with E-state index in [0.29, 0.717) is 58.0 Å². The molecule has 4 aliphatic rings. The summed E-state index contributed by atoms with van der Waals surface area (Å²) in [6.07, 6.45) is 5.35. The van der Waals surface area contributed by atoms with Crippen LogP contribution in [0, 0.1) is 18.3 Å². The lowest BCUT2D eigenvalue weighted by atomic mass is 9.77. The Hall–Kier alpha value is -5.08. The van der Waals surface area contributed by atoms with E-state index in [0.717, 1.165) is 89.1 Å². The van der Waals surface area contributed by atoms with Gasteiger partial charge in [-0.3, -0.25) is 28.9 Å². The fourth-order valence-electron chi connectivity index (χ4n) is 11.2. The standard InChI is InChI=1S/C57H80N8O13S2/c1-36-51(79-35-62-36)38-7-5-37(6-8-38)30-59-53(71)45-29-41(66)31-65(45)56(72)44(57(2,3)4)28-42(67)32-76-25-23-74-21-19-73-20-22-75-24-26-77-33-48(69)64-17-15-63(16-18-64)40-10-12-43(13-11-40)78-54-50-49-39(27-46(68)52(58)70)9-14-47(49)80-55(50)61-34-60-54/h5-8,34-35,39-41,43-46,66,68H,9-33H2,1-4H3,(H2,58,70)(H,59,71)/t39-,40?,41-,43?,44-,45+,46+/m1/s1. The normalized spacial score (nSPS) is 21.4. The van der Waals surface area contributed by atoms with Crippen LogP contribution in [0.4, 0.5) is 0 Å². The number of thiophene rings is 1. The molecule has 8 rings (SSSR count). The lowest BCUT2D eigenvalue weighted by Gasteiger charge is -2.41. The quantitative estimate of drug-likeness (QED) is 0.0555. The number of piperazine rings is 1. The van der Waals surface area contributed by atoms with Crippen molar-refractivity contribution in [3.05, 3.63) is 57.8 Å². The summed E-state index contributed by atoms with van der Waals surface area (Å²) in [5, 5.41) is 24.7. The minimum atomic E-state index is -1.19. The number of primary amides is 1. The molecular weight excluding hydrogens is 1070 g/mol. The van der Waals surface area contributed by atoms with Gasteiger partial charge in [0.2, 0.25) is 29.5 Å². The highest BCUT2D eigenvalue weighted by molar-refractivity contribution is 7.19. The fraction of sp³-hybridized carbons (Fsp3) is 0.649. The van der Waals surface area contributed by atoms with Crippen molar-refractivity contribution >= 4 is 62.3 Å². The number of rotatable bonds is 29. The predicted molar refractivity (Wildman–Crippen MR) is 300 cm³/mol. The number of thiazole rings is 1. The average Bonchev–Trinajstić information content (AvgIpc) is 4.35. The SMILES string of the molecule is Cc1ncsc1-c1ccc(CNC(=O)[C@@H]2C[C@@H](O)CN2C(=O)[C@@H](CC(=O)COCCOCCOCCOCCOCC(=O)N2CCN(C3CCC(Oc4ncnc5sc6c(c45)[C@@H](C[C@H](O)C(N)=O)CC6)CC3)CC2)C(C)(C)C)cc1. The monoisotopic (exact) mass is 1150 g/mol. The van der Waals surface area contributed by atoms with Crippen molar-refractivity contribution in [1.29, 1.82) is 0 Å². The van der Waals surface area contributed by atoms with E-state index in [9.17, 15) is 34.2 Å². The van der Waals surface area contributed by atoms with Crippen LogP contribution < -0.4 is 15.8 Å². The van der Waals surface area contributed by atoms with E-state index in [1.807, 2.05) is 62.4 Å². The molecule has 1 aromatic carbocycles. The van der Waals surface area contributed by atoms with E-state index < -0.39 is 35.5 Å². The maximum Gasteiger partial charge on any atom is 0.248 e. The molecule has 2 aliphatic carbocycles. The number of ketones is 1. The number of ether oxygens (including phenoxy) is 6. The molecular formula is C57H80N8O13S2. The van der Waals surface area contributed by atoms with E-state index in [1.165, 1.54) is 9.78 Å². The number of aliphatic hydroxyl groups is 2. The number of carbonyl (C=O) groups is 5. The average molecular weight is 1150 g/mol. The van der Waals surface area contributed by atoms with Gasteiger partial charge in [-0.15, -0.1) is 22.7 Å². The molecule has 0 unspecified atom stereocenters. The molecule has 3 fully saturated rings. The van der Waals surface area contributed by atoms with E-state index in [1.54, 1.807) is 29.0 Å². The molecule has 23 heteroatoms. The number of aromatic nitrogens is 3. The van der Waals surface area contributed by atoms with E-state index in [4.69, 9.17) is 34.2 Å². The van der Waals surface area contributed by atoms with E-state index in [2.05, 4.69) is 25.2 Å². The lowest BCUT2D eigenvalue weighted by molar-refractivity contribution is -0.146. The Morgan fingerprint density at radius 1 is 0.838 bits per heavy atom. The van der Waals surface area contributed by atoms with E-state index >= 15 is 0 Å². The molecule has 0 radical (unpaired) electrons. The second kappa shape index (κ2) is 29.3. The third kappa shape index (κ3) is 16.6. The van der Waals surface area contributed by atoms with Gasteiger partial charge in [0.05, 0.1) is 80.4 Å². The molecule has 2 aliphatic heterocycles. The topological polar surface area (TPSA) is 268 Å². The van der Waals surface area contributed by atoms with Crippen molar-refractivity contribution in [3.8, 4) is 16.3 Å². The number of aliphatic hydroxyl groups excluding tert-OH is 2. The Bertz CT molecular complexity index is 2680. The molecule has 5 N–H and O–H groups in total. The number of amides is 4. The smallest absolute Gasteiger partial charge is 0.248 e. The first-order valence-electron chi connectivity index (χ1n) is 28.1. The Kier molecular flexibility index (Phi) is 22.3. The number of Topliss-reactive ketones (excluding diaryl/α,β-unsaturated/α-hetero) is 1. The summed E-state index contributed by atoms with van der Waals surface area (Å²) in [7, 11) is 0. The van der Waals surface area contributed by atoms with Gasteiger partial charge in [0.1, 0.15) is 42.6 Å². The van der Waals surface area contributed by atoms with Gasteiger partial charge >= 0.3 is 0 Å². The second-order valence-corrected chi connectivity index (χ2v) is 24.3. The molecule has 0 spiro atoms. The van der Waals surface area contributed by atoms with Crippen molar-refractivity contribution in [1.82, 2.24) is 35.0 Å². The number of β-amino-alcohol motifs (C(OH)–C–C–N with tert-alkyl or cyclic N) is 1. The van der Waals surface area contributed by atoms with Crippen molar-refractivity contribution < 1.29 is 62.6 Å². The minimum Gasteiger partial charge on any atom is -0.474 e. The van der Waals surface area contributed by atoms with Crippen LogP contribution in [0.3, 0.4) is 0 Å². The number of nitrogens with two attached hydrogens (primary N) is 1. The van der Waals surface area contributed by atoms with Crippen LogP contribution in [0.25, 0.3) is 20.7 Å².